The minimum atomic E-state index is -0.482. The molecule has 1 aromatic carbocycles. The zero-order valence-electron chi connectivity index (χ0n) is 9.45. The number of aromatic nitrogens is 2. The Balaban J connectivity index is 2.34. The molecule has 0 unspecified atom stereocenters. The molecule has 7 heteroatoms. The number of nitrogens with zero attached hydrogens (tertiary/aromatic N) is 2. The highest BCUT2D eigenvalue weighted by Gasteiger charge is 2.11. The summed E-state index contributed by atoms with van der Waals surface area (Å²) >= 11 is 3.17. The number of hydrogen-bond donors (Lipinski definition) is 2. The number of nitrogen functional groups attached to an aromatic ring is 1. The molecule has 2 rings (SSSR count). The first-order chi connectivity index (χ1) is 8.61. The van der Waals surface area contributed by atoms with Gasteiger partial charge in [-0.05, 0) is 25.1 Å². The van der Waals surface area contributed by atoms with Gasteiger partial charge < -0.3 is 10.2 Å². The van der Waals surface area contributed by atoms with Crippen LogP contribution in [0.2, 0.25) is 0 Å². The van der Waals surface area contributed by atoms with Gasteiger partial charge in [0.2, 0.25) is 5.88 Å². The fourth-order valence-corrected chi connectivity index (χ4v) is 1.68. The largest absolute Gasteiger partial charge is 0.435 e. The first-order valence-corrected chi connectivity index (χ1v) is 5.82. The van der Waals surface area contributed by atoms with E-state index in [1.807, 2.05) is 0 Å². The Bertz CT molecular complexity index is 579. The summed E-state index contributed by atoms with van der Waals surface area (Å²) in [5, 5.41) is 0. The average Bonchev–Trinajstić information content (AvgIpc) is 2.35. The highest BCUT2D eigenvalue weighted by molar-refractivity contribution is 9.10. The van der Waals surface area contributed by atoms with Crippen LogP contribution >= 0.6 is 15.9 Å². The molecule has 3 N–H and O–H groups in total. The maximum atomic E-state index is 13.6. The van der Waals surface area contributed by atoms with Gasteiger partial charge >= 0.3 is 0 Å². The lowest BCUT2D eigenvalue weighted by Crippen LogP contribution is -2.11. The van der Waals surface area contributed by atoms with Crippen molar-refractivity contribution >= 4 is 21.7 Å². The standard InChI is InChI=1S/C11H10BrFN4O/c1-6-10(17-14)15-5-16-11(6)18-9-3-2-7(12)4-8(9)13/h2-5H,14H2,1H3,(H,15,16,17). The van der Waals surface area contributed by atoms with Crippen molar-refractivity contribution in [1.82, 2.24) is 9.97 Å². The normalized spacial score (nSPS) is 10.2. The molecule has 5 nitrogen and oxygen atoms in total. The molecule has 94 valence electrons. The Labute approximate surface area is 111 Å². The number of benzene rings is 1. The van der Waals surface area contributed by atoms with Crippen LogP contribution in [0.4, 0.5) is 10.2 Å². The van der Waals surface area contributed by atoms with Gasteiger partial charge in [-0.3, -0.25) is 0 Å². The van der Waals surface area contributed by atoms with Crippen LogP contribution < -0.4 is 16.0 Å². The number of rotatable bonds is 3. The van der Waals surface area contributed by atoms with Crippen LogP contribution in [0.5, 0.6) is 11.6 Å². The lowest BCUT2D eigenvalue weighted by atomic mass is 10.3. The van der Waals surface area contributed by atoms with E-state index in [9.17, 15) is 4.39 Å². The van der Waals surface area contributed by atoms with Crippen molar-refractivity contribution in [2.24, 2.45) is 5.84 Å². The maximum Gasteiger partial charge on any atom is 0.227 e. The Morgan fingerprint density at radius 1 is 1.39 bits per heavy atom. The summed E-state index contributed by atoms with van der Waals surface area (Å²) in [6.45, 7) is 1.72. The molecule has 0 fully saturated rings. The average molecular weight is 313 g/mol. The second-order valence-electron chi connectivity index (χ2n) is 3.47. The van der Waals surface area contributed by atoms with E-state index >= 15 is 0 Å². The van der Waals surface area contributed by atoms with Crippen molar-refractivity contribution in [3.63, 3.8) is 0 Å². The molecule has 0 bridgehead atoms. The van der Waals surface area contributed by atoms with Crippen LogP contribution in [-0.2, 0) is 0 Å². The first-order valence-electron chi connectivity index (χ1n) is 5.03. The number of ether oxygens (including phenoxy) is 1. The van der Waals surface area contributed by atoms with Gasteiger partial charge in [-0.1, -0.05) is 15.9 Å². The smallest absolute Gasteiger partial charge is 0.227 e. The molecule has 0 spiro atoms. The molecule has 0 atom stereocenters. The Hall–Kier alpha value is -1.73. The molecule has 2 aromatic rings. The molecule has 1 heterocycles. The summed E-state index contributed by atoms with van der Waals surface area (Å²) in [4.78, 5) is 7.85. The summed E-state index contributed by atoms with van der Waals surface area (Å²) in [5.41, 5.74) is 3.01. The van der Waals surface area contributed by atoms with Gasteiger partial charge in [0.15, 0.2) is 11.6 Å². The summed E-state index contributed by atoms with van der Waals surface area (Å²) in [6.07, 6.45) is 1.29. The van der Waals surface area contributed by atoms with Crippen molar-refractivity contribution in [3.05, 3.63) is 40.4 Å². The minimum absolute atomic E-state index is 0.0861. The van der Waals surface area contributed by atoms with Gasteiger partial charge in [0.25, 0.3) is 0 Å². The second-order valence-corrected chi connectivity index (χ2v) is 4.39. The third-order valence-corrected chi connectivity index (χ3v) is 2.77. The molecular weight excluding hydrogens is 303 g/mol. The van der Waals surface area contributed by atoms with Crippen molar-refractivity contribution in [2.45, 2.75) is 6.92 Å². The van der Waals surface area contributed by atoms with Crippen molar-refractivity contribution < 1.29 is 9.13 Å². The van der Waals surface area contributed by atoms with Crippen molar-refractivity contribution in [2.75, 3.05) is 5.43 Å². The highest BCUT2D eigenvalue weighted by atomic mass is 79.9. The number of halogens is 2. The third kappa shape index (κ3) is 2.57. The van der Waals surface area contributed by atoms with Crippen LogP contribution in [0, 0.1) is 12.7 Å². The zero-order chi connectivity index (χ0) is 13.1. The molecule has 0 amide bonds. The van der Waals surface area contributed by atoms with Crippen LogP contribution in [0.15, 0.2) is 29.0 Å². The van der Waals surface area contributed by atoms with Crippen LogP contribution in [0.25, 0.3) is 0 Å². The van der Waals surface area contributed by atoms with Crippen molar-refractivity contribution in [3.8, 4) is 11.6 Å². The summed E-state index contributed by atoms with van der Waals surface area (Å²) in [7, 11) is 0. The van der Waals surface area contributed by atoms with Crippen LogP contribution in [0.1, 0.15) is 5.56 Å². The molecule has 0 saturated carbocycles. The zero-order valence-corrected chi connectivity index (χ0v) is 11.0. The number of hydrogen-bond acceptors (Lipinski definition) is 5. The molecule has 0 aliphatic heterocycles. The summed E-state index contributed by atoms with van der Waals surface area (Å²) in [5.74, 6) is 5.57. The fourth-order valence-electron chi connectivity index (χ4n) is 1.34. The number of nitrogens with two attached hydrogens (primary N) is 1. The quantitative estimate of drug-likeness (QED) is 0.673. The number of anilines is 1. The number of nitrogens with one attached hydrogen (secondary N) is 1. The molecule has 0 radical (unpaired) electrons. The van der Waals surface area contributed by atoms with E-state index in [4.69, 9.17) is 10.6 Å². The van der Waals surface area contributed by atoms with Gasteiger partial charge in [0, 0.05) is 4.47 Å². The topological polar surface area (TPSA) is 73.1 Å². The van der Waals surface area contributed by atoms with E-state index in [1.165, 1.54) is 18.5 Å². The SMILES string of the molecule is Cc1c(NN)ncnc1Oc1ccc(Br)cc1F. The molecule has 0 aliphatic rings. The Morgan fingerprint density at radius 3 is 2.83 bits per heavy atom. The molecule has 18 heavy (non-hydrogen) atoms. The van der Waals surface area contributed by atoms with Gasteiger partial charge in [0.05, 0.1) is 5.56 Å². The minimum Gasteiger partial charge on any atom is -0.435 e. The van der Waals surface area contributed by atoms with E-state index in [1.54, 1.807) is 13.0 Å². The van der Waals surface area contributed by atoms with E-state index in [0.29, 0.717) is 15.9 Å². The molecule has 1 aromatic heterocycles. The third-order valence-electron chi connectivity index (χ3n) is 2.28. The molecular formula is C11H10BrFN4O. The Morgan fingerprint density at radius 2 is 2.17 bits per heavy atom. The first kappa shape index (κ1) is 12.7. The lowest BCUT2D eigenvalue weighted by molar-refractivity contribution is 0.423. The predicted octanol–water partition coefficient (Wildman–Crippen LogP) is 2.76. The predicted molar refractivity (Wildman–Crippen MR) is 68.8 cm³/mol. The van der Waals surface area contributed by atoms with Gasteiger partial charge in [-0.25, -0.2) is 20.2 Å². The Kier molecular flexibility index (Phi) is 3.73. The van der Waals surface area contributed by atoms with Crippen molar-refractivity contribution in [1.29, 1.82) is 0 Å². The summed E-state index contributed by atoms with van der Waals surface area (Å²) in [6, 6.07) is 4.50. The fraction of sp³-hybridized carbons (Fsp3) is 0.0909. The monoisotopic (exact) mass is 312 g/mol. The molecule has 0 aliphatic carbocycles. The van der Waals surface area contributed by atoms with E-state index in [2.05, 4.69) is 31.3 Å². The van der Waals surface area contributed by atoms with E-state index < -0.39 is 5.82 Å². The second kappa shape index (κ2) is 5.28. The highest BCUT2D eigenvalue weighted by Crippen LogP contribution is 2.28. The van der Waals surface area contributed by atoms with Gasteiger partial charge in [-0.15, -0.1) is 0 Å². The van der Waals surface area contributed by atoms with Crippen LogP contribution in [0.3, 0.4) is 0 Å². The van der Waals surface area contributed by atoms with Gasteiger partial charge in [-0.2, -0.15) is 0 Å². The van der Waals surface area contributed by atoms with Crippen LogP contribution in [-0.4, -0.2) is 9.97 Å². The lowest BCUT2D eigenvalue weighted by Gasteiger charge is -2.10. The van der Waals surface area contributed by atoms with E-state index in [0.717, 1.165) is 0 Å². The summed E-state index contributed by atoms with van der Waals surface area (Å²) < 4.78 is 19.6. The van der Waals surface area contributed by atoms with Gasteiger partial charge in [0.1, 0.15) is 12.1 Å². The maximum absolute atomic E-state index is 13.6. The molecule has 0 saturated heterocycles. The van der Waals surface area contributed by atoms with E-state index in [-0.39, 0.29) is 11.6 Å². The number of hydrazine groups is 1.